The summed E-state index contributed by atoms with van der Waals surface area (Å²) in [6.45, 7) is 3.79. The molecular weight excluding hydrogens is 316 g/mol. The van der Waals surface area contributed by atoms with Crippen molar-refractivity contribution < 1.29 is 9.21 Å². The summed E-state index contributed by atoms with van der Waals surface area (Å²) < 4.78 is 5.23. The van der Waals surface area contributed by atoms with Crippen LogP contribution in [0.4, 0.5) is 5.69 Å². The van der Waals surface area contributed by atoms with Crippen LogP contribution in [0.3, 0.4) is 0 Å². The van der Waals surface area contributed by atoms with Gasteiger partial charge in [0.2, 0.25) is 5.91 Å². The fourth-order valence-corrected chi connectivity index (χ4v) is 3.30. The second-order valence-corrected chi connectivity index (χ2v) is 6.55. The van der Waals surface area contributed by atoms with Crippen LogP contribution in [0.2, 0.25) is 0 Å². The third kappa shape index (κ3) is 3.47. The summed E-state index contributed by atoms with van der Waals surface area (Å²) in [6, 6.07) is 7.96. The van der Waals surface area contributed by atoms with Crippen molar-refractivity contribution in [3.05, 3.63) is 54.2 Å². The number of carbonyl (C=O) groups excluding carboxylic acids is 1. The van der Waals surface area contributed by atoms with Gasteiger partial charge in [-0.2, -0.15) is 0 Å². The molecule has 6 heteroatoms. The molecule has 1 aromatic carbocycles. The smallest absolute Gasteiger partial charge is 0.224 e. The number of aromatic nitrogens is 2. The summed E-state index contributed by atoms with van der Waals surface area (Å²) in [5, 5.41) is 3.14. The number of benzene rings is 1. The van der Waals surface area contributed by atoms with Gasteiger partial charge in [-0.3, -0.25) is 9.78 Å². The van der Waals surface area contributed by atoms with Crippen molar-refractivity contribution >= 4 is 22.7 Å². The molecule has 1 atom stereocenters. The zero-order valence-electron chi connectivity index (χ0n) is 14.1. The minimum absolute atomic E-state index is 0.0389. The van der Waals surface area contributed by atoms with E-state index < -0.39 is 0 Å². The van der Waals surface area contributed by atoms with Crippen molar-refractivity contribution in [3.63, 3.8) is 0 Å². The van der Waals surface area contributed by atoms with Gasteiger partial charge in [0.25, 0.3) is 0 Å². The third-order valence-electron chi connectivity index (χ3n) is 4.54. The van der Waals surface area contributed by atoms with Gasteiger partial charge in [-0.05, 0) is 42.7 Å². The number of oxazole rings is 1. The quantitative estimate of drug-likeness (QED) is 0.792. The normalized spacial score (nSPS) is 17.2. The Bertz CT molecular complexity index is 905. The molecule has 0 radical (unpaired) electrons. The molecule has 2 aromatic heterocycles. The summed E-state index contributed by atoms with van der Waals surface area (Å²) in [6.07, 6.45) is 6.45. The number of amides is 1. The van der Waals surface area contributed by atoms with Gasteiger partial charge in [0.15, 0.2) is 12.0 Å². The van der Waals surface area contributed by atoms with Crippen molar-refractivity contribution in [1.29, 1.82) is 0 Å². The zero-order valence-corrected chi connectivity index (χ0v) is 14.1. The number of nitrogens with zero attached hydrogens (tertiary/aromatic N) is 3. The molecule has 0 spiro atoms. The predicted molar refractivity (Wildman–Crippen MR) is 95.4 cm³/mol. The molecule has 0 unspecified atom stereocenters. The lowest BCUT2D eigenvalue weighted by Crippen LogP contribution is -2.38. The molecule has 1 fully saturated rings. The fourth-order valence-electron chi connectivity index (χ4n) is 3.30. The molecule has 0 bridgehead atoms. The van der Waals surface area contributed by atoms with Crippen molar-refractivity contribution in [1.82, 2.24) is 15.3 Å². The van der Waals surface area contributed by atoms with Gasteiger partial charge in [0.05, 0.1) is 18.3 Å². The van der Waals surface area contributed by atoms with Crippen molar-refractivity contribution in [2.75, 3.05) is 18.0 Å². The van der Waals surface area contributed by atoms with Crippen LogP contribution in [0.25, 0.3) is 11.1 Å². The van der Waals surface area contributed by atoms with E-state index in [2.05, 4.69) is 26.3 Å². The molecule has 0 saturated carbocycles. The Labute approximate surface area is 145 Å². The molecular formula is C19H20N4O2. The molecule has 1 aliphatic heterocycles. The van der Waals surface area contributed by atoms with Crippen LogP contribution in [0.15, 0.2) is 47.5 Å². The van der Waals surface area contributed by atoms with Gasteiger partial charge < -0.3 is 14.6 Å². The summed E-state index contributed by atoms with van der Waals surface area (Å²) in [5.41, 5.74) is 4.73. The molecule has 3 heterocycles. The molecule has 3 aromatic rings. The zero-order chi connectivity index (χ0) is 17.2. The Morgan fingerprint density at radius 3 is 3.16 bits per heavy atom. The lowest BCUT2D eigenvalue weighted by atomic mass is 10.1. The summed E-state index contributed by atoms with van der Waals surface area (Å²) >= 11 is 0. The van der Waals surface area contributed by atoms with Crippen molar-refractivity contribution in [2.24, 2.45) is 0 Å². The fraction of sp³-hybridized carbons (Fsp3) is 0.316. The van der Waals surface area contributed by atoms with Crippen LogP contribution in [0.5, 0.6) is 0 Å². The first-order valence-corrected chi connectivity index (χ1v) is 8.45. The molecule has 25 heavy (non-hydrogen) atoms. The molecule has 0 aliphatic carbocycles. The largest absolute Gasteiger partial charge is 0.443 e. The molecule has 1 aliphatic rings. The van der Waals surface area contributed by atoms with Gasteiger partial charge >= 0.3 is 0 Å². The third-order valence-corrected chi connectivity index (χ3v) is 4.54. The lowest BCUT2D eigenvalue weighted by Gasteiger charge is -2.19. The van der Waals surface area contributed by atoms with Crippen LogP contribution >= 0.6 is 0 Å². The Morgan fingerprint density at radius 1 is 1.36 bits per heavy atom. The SMILES string of the molecule is Cc1cncc(N2CC[C@@H](NC(=O)Cc3ccc4ocnc4c3)C2)c1. The number of hydrogen-bond donors (Lipinski definition) is 1. The van der Waals surface area contributed by atoms with Crippen LogP contribution in [0, 0.1) is 6.92 Å². The van der Waals surface area contributed by atoms with Gasteiger partial charge in [0.1, 0.15) is 5.52 Å². The number of carbonyl (C=O) groups is 1. The van der Waals surface area contributed by atoms with Crippen molar-refractivity contribution in [2.45, 2.75) is 25.8 Å². The van der Waals surface area contributed by atoms with Gasteiger partial charge in [0, 0.05) is 25.3 Å². The van der Waals surface area contributed by atoms with E-state index in [1.165, 1.54) is 6.39 Å². The topological polar surface area (TPSA) is 71.3 Å². The van der Waals surface area contributed by atoms with E-state index in [0.717, 1.165) is 47.4 Å². The van der Waals surface area contributed by atoms with Gasteiger partial charge in [-0.1, -0.05) is 6.07 Å². The molecule has 1 amide bonds. The van der Waals surface area contributed by atoms with E-state index in [0.29, 0.717) is 6.42 Å². The van der Waals surface area contributed by atoms with Crippen LogP contribution in [0.1, 0.15) is 17.5 Å². The summed E-state index contributed by atoms with van der Waals surface area (Å²) in [4.78, 5) is 23.0. The standard InChI is InChI=1S/C19H20N4O2/c1-13-6-16(10-20-9-13)23-5-4-15(11-23)22-19(24)8-14-2-3-18-17(7-14)21-12-25-18/h2-3,6-7,9-10,12,15H,4-5,8,11H2,1H3,(H,22,24)/t15-/m1/s1. The average Bonchev–Trinajstić information content (AvgIpc) is 3.23. The lowest BCUT2D eigenvalue weighted by molar-refractivity contribution is -0.121. The summed E-state index contributed by atoms with van der Waals surface area (Å²) in [5.74, 6) is 0.0389. The monoisotopic (exact) mass is 336 g/mol. The number of rotatable bonds is 4. The maximum absolute atomic E-state index is 12.4. The highest BCUT2D eigenvalue weighted by Crippen LogP contribution is 2.20. The number of aryl methyl sites for hydroxylation is 1. The van der Waals surface area contributed by atoms with Gasteiger partial charge in [-0.15, -0.1) is 0 Å². The van der Waals surface area contributed by atoms with Crippen molar-refractivity contribution in [3.8, 4) is 0 Å². The average molecular weight is 336 g/mol. The van der Waals surface area contributed by atoms with E-state index in [1.54, 1.807) is 0 Å². The first-order valence-electron chi connectivity index (χ1n) is 8.45. The number of pyridine rings is 1. The maximum Gasteiger partial charge on any atom is 0.224 e. The highest BCUT2D eigenvalue weighted by atomic mass is 16.3. The molecule has 1 N–H and O–H groups in total. The number of hydrogen-bond acceptors (Lipinski definition) is 5. The second kappa shape index (κ2) is 6.55. The Hall–Kier alpha value is -2.89. The predicted octanol–water partition coefficient (Wildman–Crippen LogP) is 2.47. The highest BCUT2D eigenvalue weighted by molar-refractivity contribution is 5.81. The van der Waals surface area contributed by atoms with E-state index in [1.807, 2.05) is 37.5 Å². The Balaban J connectivity index is 1.35. The molecule has 4 rings (SSSR count). The Morgan fingerprint density at radius 2 is 2.28 bits per heavy atom. The first-order chi connectivity index (χ1) is 12.2. The van der Waals surface area contributed by atoms with Crippen LogP contribution in [-0.2, 0) is 11.2 Å². The molecule has 128 valence electrons. The van der Waals surface area contributed by atoms with Crippen LogP contribution < -0.4 is 10.2 Å². The minimum Gasteiger partial charge on any atom is -0.443 e. The van der Waals surface area contributed by atoms with E-state index >= 15 is 0 Å². The number of anilines is 1. The number of fused-ring (bicyclic) bond motifs is 1. The molecule has 1 saturated heterocycles. The van der Waals surface area contributed by atoms with E-state index in [-0.39, 0.29) is 11.9 Å². The van der Waals surface area contributed by atoms with Gasteiger partial charge in [-0.25, -0.2) is 4.98 Å². The van der Waals surface area contributed by atoms with E-state index in [4.69, 9.17) is 4.42 Å². The summed E-state index contributed by atoms with van der Waals surface area (Å²) in [7, 11) is 0. The minimum atomic E-state index is 0.0389. The first kappa shape index (κ1) is 15.6. The maximum atomic E-state index is 12.4. The Kier molecular flexibility index (Phi) is 4.09. The van der Waals surface area contributed by atoms with Crippen LogP contribution in [-0.4, -0.2) is 35.0 Å². The second-order valence-electron chi connectivity index (χ2n) is 6.55. The molecule has 6 nitrogen and oxygen atoms in total. The number of nitrogens with one attached hydrogen (secondary N) is 1. The van der Waals surface area contributed by atoms with E-state index in [9.17, 15) is 4.79 Å². The highest BCUT2D eigenvalue weighted by Gasteiger charge is 2.24.